The number of nitro groups is 1. The average Bonchev–Trinajstić information content (AvgIpc) is 2.83. The van der Waals surface area contributed by atoms with E-state index in [1.165, 1.54) is 0 Å². The second-order valence-corrected chi connectivity index (χ2v) is 3.87. The van der Waals surface area contributed by atoms with Gasteiger partial charge in [0.05, 0.1) is 6.04 Å². The van der Waals surface area contributed by atoms with Crippen molar-refractivity contribution in [2.24, 2.45) is 0 Å². The van der Waals surface area contributed by atoms with Crippen LogP contribution in [0, 0.1) is 10.1 Å². The summed E-state index contributed by atoms with van der Waals surface area (Å²) >= 11 is 0. The molecule has 1 fully saturated rings. The van der Waals surface area contributed by atoms with Gasteiger partial charge in [0.15, 0.2) is 5.03 Å². The van der Waals surface area contributed by atoms with Crippen molar-refractivity contribution in [3.63, 3.8) is 0 Å². The molecule has 1 heterocycles. The average molecular weight is 235 g/mol. The Labute approximate surface area is 98.3 Å². The fourth-order valence-electron chi connectivity index (χ4n) is 1.91. The summed E-state index contributed by atoms with van der Waals surface area (Å²) in [6, 6.07) is 7.74. The van der Waals surface area contributed by atoms with Crippen molar-refractivity contribution in [3.05, 3.63) is 40.4 Å². The Morgan fingerprint density at radius 1 is 1.41 bits per heavy atom. The second kappa shape index (κ2) is 4.92. The molecule has 0 radical (unpaired) electrons. The van der Waals surface area contributed by atoms with Crippen LogP contribution in [0.3, 0.4) is 0 Å². The Morgan fingerprint density at radius 2 is 2.12 bits per heavy atom. The predicted octanol–water partition coefficient (Wildman–Crippen LogP) is 0.963. The number of benzene rings is 1. The Morgan fingerprint density at radius 3 is 2.65 bits per heavy atom. The number of carbonyl (C=O) groups is 1. The zero-order chi connectivity index (χ0) is 12.3. The van der Waals surface area contributed by atoms with Gasteiger partial charge in [-0.2, -0.15) is 0 Å². The van der Waals surface area contributed by atoms with E-state index in [2.05, 4.69) is 5.32 Å². The van der Waals surface area contributed by atoms with Gasteiger partial charge in [-0.3, -0.25) is 4.79 Å². The van der Waals surface area contributed by atoms with Crippen LogP contribution in [-0.2, 0) is 4.79 Å². The largest absolute Gasteiger partial charge is 0.306 e. The quantitative estimate of drug-likeness (QED) is 0.625. The molecule has 6 heteroatoms. The van der Waals surface area contributed by atoms with Crippen LogP contribution in [-0.4, -0.2) is 23.5 Å². The molecule has 0 unspecified atom stereocenters. The van der Waals surface area contributed by atoms with E-state index in [4.69, 9.17) is 0 Å². The number of rotatable bonds is 3. The van der Waals surface area contributed by atoms with Gasteiger partial charge in [-0.05, 0) is 36.5 Å². The molecule has 0 saturated carbocycles. The standard InChI is InChI=1S/C11H13N3O3/c15-11(10-7-4-8-12-10)13(14(16)17)9-5-2-1-3-6-9/h1-3,5-6,10,12H,4,7-8H2/t10-/m0/s1. The first-order chi connectivity index (χ1) is 8.20. The van der Waals surface area contributed by atoms with Crippen LogP contribution in [0.25, 0.3) is 0 Å². The molecule has 17 heavy (non-hydrogen) atoms. The Bertz CT molecular complexity index is 415. The van der Waals surface area contributed by atoms with E-state index in [1.807, 2.05) is 0 Å². The SMILES string of the molecule is O=C([C@@H]1CCCN1)N(c1ccccc1)[N+](=O)[O-]. The van der Waals surface area contributed by atoms with Gasteiger partial charge in [0.1, 0.15) is 5.69 Å². The molecule has 0 bridgehead atoms. The predicted molar refractivity (Wildman–Crippen MR) is 61.9 cm³/mol. The summed E-state index contributed by atoms with van der Waals surface area (Å²) in [5.74, 6) is -0.501. The number of hydrogen-bond acceptors (Lipinski definition) is 4. The highest BCUT2D eigenvalue weighted by Crippen LogP contribution is 2.17. The number of hydrazine groups is 1. The number of amides is 1. The second-order valence-electron chi connectivity index (χ2n) is 3.87. The van der Waals surface area contributed by atoms with E-state index in [1.54, 1.807) is 30.3 Å². The maximum Gasteiger partial charge on any atom is 0.306 e. The lowest BCUT2D eigenvalue weighted by Crippen LogP contribution is -2.46. The number of carbonyl (C=O) groups excluding carboxylic acids is 1. The van der Waals surface area contributed by atoms with Gasteiger partial charge in [-0.25, -0.2) is 10.1 Å². The summed E-state index contributed by atoms with van der Waals surface area (Å²) in [7, 11) is 0. The number of nitrogens with zero attached hydrogens (tertiary/aromatic N) is 2. The van der Waals surface area contributed by atoms with Crippen molar-refractivity contribution in [2.45, 2.75) is 18.9 Å². The van der Waals surface area contributed by atoms with Crippen LogP contribution < -0.4 is 10.3 Å². The monoisotopic (exact) mass is 235 g/mol. The molecule has 1 aliphatic rings. The van der Waals surface area contributed by atoms with Crippen LogP contribution >= 0.6 is 0 Å². The lowest BCUT2D eigenvalue weighted by atomic mass is 10.2. The minimum atomic E-state index is -0.669. The number of hydrogen-bond donors (Lipinski definition) is 1. The molecule has 1 aliphatic heterocycles. The Kier molecular flexibility index (Phi) is 3.34. The minimum absolute atomic E-state index is 0.288. The van der Waals surface area contributed by atoms with Crippen molar-refractivity contribution >= 4 is 11.6 Å². The molecule has 0 aliphatic carbocycles. The molecule has 1 aromatic carbocycles. The van der Waals surface area contributed by atoms with Crippen LogP contribution in [0.15, 0.2) is 30.3 Å². The fourth-order valence-corrected chi connectivity index (χ4v) is 1.91. The van der Waals surface area contributed by atoms with Crippen molar-refractivity contribution in [2.75, 3.05) is 11.6 Å². The molecule has 90 valence electrons. The smallest absolute Gasteiger partial charge is 0.306 e. The molecular weight excluding hydrogens is 222 g/mol. The Hall–Kier alpha value is -1.95. The summed E-state index contributed by atoms with van der Waals surface area (Å²) in [5.41, 5.74) is 0.288. The third-order valence-electron chi connectivity index (χ3n) is 2.73. The topological polar surface area (TPSA) is 75.5 Å². The summed E-state index contributed by atoms with van der Waals surface area (Å²) in [4.78, 5) is 23.0. The van der Waals surface area contributed by atoms with Gasteiger partial charge in [0.2, 0.25) is 0 Å². The zero-order valence-corrected chi connectivity index (χ0v) is 9.20. The highest BCUT2D eigenvalue weighted by atomic mass is 16.7. The molecule has 1 N–H and O–H groups in total. The third kappa shape index (κ3) is 2.42. The van der Waals surface area contributed by atoms with Gasteiger partial charge in [0, 0.05) is 0 Å². The lowest BCUT2D eigenvalue weighted by Gasteiger charge is -2.16. The summed E-state index contributed by atoms with van der Waals surface area (Å²) in [5, 5.41) is 13.9. The van der Waals surface area contributed by atoms with E-state index < -0.39 is 17.0 Å². The fraction of sp³-hybridized carbons (Fsp3) is 0.364. The molecule has 1 atom stereocenters. The summed E-state index contributed by atoms with van der Waals surface area (Å²) in [6.45, 7) is 0.733. The van der Waals surface area contributed by atoms with E-state index in [0.717, 1.165) is 13.0 Å². The first-order valence-electron chi connectivity index (χ1n) is 5.47. The lowest BCUT2D eigenvalue weighted by molar-refractivity contribution is -0.484. The van der Waals surface area contributed by atoms with Gasteiger partial charge >= 0.3 is 5.91 Å². The first-order valence-corrected chi connectivity index (χ1v) is 5.47. The highest BCUT2D eigenvalue weighted by molar-refractivity contribution is 5.95. The molecule has 1 saturated heterocycles. The van der Waals surface area contributed by atoms with Crippen molar-refractivity contribution in [1.82, 2.24) is 5.32 Å². The Balaban J connectivity index is 2.23. The molecule has 1 aromatic rings. The van der Waals surface area contributed by atoms with Gasteiger partial charge in [-0.1, -0.05) is 18.2 Å². The molecule has 1 amide bonds. The maximum atomic E-state index is 12.0. The van der Waals surface area contributed by atoms with Gasteiger partial charge in [0.25, 0.3) is 0 Å². The van der Waals surface area contributed by atoms with Crippen molar-refractivity contribution in [3.8, 4) is 0 Å². The van der Waals surface area contributed by atoms with Crippen molar-refractivity contribution < 1.29 is 9.83 Å². The van der Waals surface area contributed by atoms with Gasteiger partial charge in [-0.15, -0.1) is 0 Å². The highest BCUT2D eigenvalue weighted by Gasteiger charge is 2.34. The maximum absolute atomic E-state index is 12.0. The number of nitrogens with one attached hydrogen (secondary N) is 1. The molecule has 6 nitrogen and oxygen atoms in total. The molecule has 0 aromatic heterocycles. The number of anilines is 1. The van der Waals surface area contributed by atoms with E-state index in [9.17, 15) is 14.9 Å². The molecule has 2 rings (SSSR count). The van der Waals surface area contributed by atoms with E-state index in [-0.39, 0.29) is 5.69 Å². The van der Waals surface area contributed by atoms with Crippen LogP contribution in [0.2, 0.25) is 0 Å². The zero-order valence-electron chi connectivity index (χ0n) is 9.20. The van der Waals surface area contributed by atoms with E-state index >= 15 is 0 Å². The summed E-state index contributed by atoms with van der Waals surface area (Å²) in [6.07, 6.45) is 1.52. The van der Waals surface area contributed by atoms with E-state index in [0.29, 0.717) is 11.4 Å². The molecular formula is C11H13N3O3. The first kappa shape index (κ1) is 11.5. The number of para-hydroxylation sites is 1. The van der Waals surface area contributed by atoms with Crippen LogP contribution in [0.4, 0.5) is 5.69 Å². The van der Waals surface area contributed by atoms with Crippen LogP contribution in [0.1, 0.15) is 12.8 Å². The van der Waals surface area contributed by atoms with Crippen LogP contribution in [0.5, 0.6) is 0 Å². The normalized spacial score (nSPS) is 18.9. The van der Waals surface area contributed by atoms with Gasteiger partial charge < -0.3 is 5.32 Å². The van der Waals surface area contributed by atoms with Crippen molar-refractivity contribution in [1.29, 1.82) is 0 Å². The summed E-state index contributed by atoms with van der Waals surface area (Å²) < 4.78 is 0. The third-order valence-corrected chi connectivity index (χ3v) is 2.73. The minimum Gasteiger partial charge on any atom is -0.306 e. The molecule has 0 spiro atoms.